The van der Waals surface area contributed by atoms with E-state index in [2.05, 4.69) is 37.0 Å². The van der Waals surface area contributed by atoms with E-state index in [1.807, 2.05) is 18.3 Å². The van der Waals surface area contributed by atoms with Gasteiger partial charge in [-0.1, -0.05) is 6.92 Å². The number of aromatic nitrogens is 2. The topological polar surface area (TPSA) is 37.9 Å². The van der Waals surface area contributed by atoms with Crippen LogP contribution in [0.5, 0.6) is 5.75 Å². The minimum Gasteiger partial charge on any atom is -0.497 e. The maximum Gasteiger partial charge on any atom is 0.119 e. The van der Waals surface area contributed by atoms with Gasteiger partial charge in [-0.25, -0.2) is 4.98 Å². The zero-order valence-electron chi connectivity index (χ0n) is 13.0. The monoisotopic (exact) mass is 290 g/mol. The van der Waals surface area contributed by atoms with Gasteiger partial charge in [-0.15, -0.1) is 0 Å². The van der Waals surface area contributed by atoms with E-state index in [9.17, 15) is 0 Å². The molecule has 0 spiro atoms. The maximum absolute atomic E-state index is 5.37. The summed E-state index contributed by atoms with van der Waals surface area (Å²) in [6, 6.07) is 10.5. The van der Waals surface area contributed by atoms with Crippen LogP contribution in [0, 0.1) is 6.92 Å². The van der Waals surface area contributed by atoms with Crippen LogP contribution < -0.4 is 4.74 Å². The molecular weight excluding hydrogens is 272 g/mol. The summed E-state index contributed by atoms with van der Waals surface area (Å²) in [7, 11) is 1.70. The Morgan fingerprint density at radius 1 is 1.05 bits per heavy atom. The fourth-order valence-electron chi connectivity index (χ4n) is 3.31. The molecule has 0 aliphatic carbocycles. The Hall–Kier alpha value is -2.55. The largest absolute Gasteiger partial charge is 0.497 e. The summed E-state index contributed by atoms with van der Waals surface area (Å²) in [4.78, 5) is 8.20. The molecule has 4 rings (SSSR count). The van der Waals surface area contributed by atoms with Crippen molar-refractivity contribution >= 4 is 32.6 Å². The number of nitrogens with zero attached hydrogens (tertiary/aromatic N) is 1. The Balaban J connectivity index is 2.21. The van der Waals surface area contributed by atoms with Crippen LogP contribution in [0.2, 0.25) is 0 Å². The molecule has 1 N–H and O–H groups in total. The third-order valence-electron chi connectivity index (χ3n) is 4.51. The number of rotatable bonds is 2. The Morgan fingerprint density at radius 2 is 1.91 bits per heavy atom. The van der Waals surface area contributed by atoms with Crippen LogP contribution in [0.1, 0.15) is 18.2 Å². The molecule has 2 aromatic heterocycles. The number of nitrogens with one attached hydrogen (secondary N) is 1. The van der Waals surface area contributed by atoms with Crippen LogP contribution in [0.15, 0.2) is 36.5 Å². The smallest absolute Gasteiger partial charge is 0.119 e. The predicted molar refractivity (Wildman–Crippen MR) is 91.8 cm³/mol. The SMILES string of the molecule is CCc1[nH]ccc2c(C)c3nc4ccc(OC)cc4c3cc12. The second-order valence-electron chi connectivity index (χ2n) is 5.66. The summed E-state index contributed by atoms with van der Waals surface area (Å²) >= 11 is 0. The van der Waals surface area contributed by atoms with Gasteiger partial charge in [0.1, 0.15) is 5.75 Å². The third kappa shape index (κ3) is 1.72. The molecule has 0 saturated heterocycles. The molecule has 0 atom stereocenters. The standard InChI is InChI=1S/C19H18N2O/c1-4-17-15-10-16-14-9-12(22-3)5-6-18(14)21-19(16)11(2)13(15)7-8-20-17/h5-10,20H,4H2,1-3H3. The first kappa shape index (κ1) is 13.1. The number of aryl methyl sites for hydroxylation is 2. The average Bonchev–Trinajstić information content (AvgIpc) is 2.93. The Labute approximate surface area is 128 Å². The summed E-state index contributed by atoms with van der Waals surface area (Å²) in [6.07, 6.45) is 3.00. The number of H-pyrrole nitrogens is 1. The van der Waals surface area contributed by atoms with Crippen molar-refractivity contribution in [2.75, 3.05) is 7.11 Å². The van der Waals surface area contributed by atoms with Crippen molar-refractivity contribution in [2.45, 2.75) is 20.3 Å². The number of hydrogen-bond acceptors (Lipinski definition) is 2. The highest BCUT2D eigenvalue weighted by Crippen LogP contribution is 2.35. The number of pyridine rings is 1. The lowest BCUT2D eigenvalue weighted by Gasteiger charge is -2.08. The van der Waals surface area contributed by atoms with Crippen molar-refractivity contribution in [3.05, 3.63) is 47.8 Å². The molecule has 0 aliphatic rings. The molecule has 0 amide bonds. The van der Waals surface area contributed by atoms with Gasteiger partial charge in [0.2, 0.25) is 0 Å². The highest BCUT2D eigenvalue weighted by Gasteiger charge is 2.13. The van der Waals surface area contributed by atoms with E-state index in [1.165, 1.54) is 27.4 Å². The zero-order chi connectivity index (χ0) is 15.3. The molecule has 0 saturated carbocycles. The summed E-state index contributed by atoms with van der Waals surface area (Å²) in [5, 5.41) is 4.92. The van der Waals surface area contributed by atoms with E-state index < -0.39 is 0 Å². The Morgan fingerprint density at radius 3 is 2.68 bits per heavy atom. The van der Waals surface area contributed by atoms with Gasteiger partial charge in [0.25, 0.3) is 0 Å². The quantitative estimate of drug-likeness (QED) is 0.578. The van der Waals surface area contributed by atoms with Gasteiger partial charge in [0.15, 0.2) is 0 Å². The summed E-state index contributed by atoms with van der Waals surface area (Å²) in [5.41, 5.74) is 4.62. The molecule has 2 aromatic carbocycles. The molecule has 0 unspecified atom stereocenters. The molecule has 0 fully saturated rings. The normalized spacial score (nSPS) is 11.6. The number of ether oxygens (including phenoxy) is 1. The molecule has 0 aliphatic heterocycles. The van der Waals surface area contributed by atoms with Crippen LogP contribution in [0.4, 0.5) is 0 Å². The number of fused-ring (bicyclic) bond motifs is 4. The predicted octanol–water partition coefficient (Wildman–Crippen LogP) is 4.75. The highest BCUT2D eigenvalue weighted by molar-refractivity contribution is 6.14. The van der Waals surface area contributed by atoms with Gasteiger partial charge in [-0.05, 0) is 54.6 Å². The summed E-state index contributed by atoms with van der Waals surface area (Å²) in [5.74, 6) is 0.870. The van der Waals surface area contributed by atoms with Crippen LogP contribution >= 0.6 is 0 Å². The first-order chi connectivity index (χ1) is 10.7. The van der Waals surface area contributed by atoms with Crippen LogP contribution in [-0.2, 0) is 6.42 Å². The van der Waals surface area contributed by atoms with Crippen molar-refractivity contribution in [1.82, 2.24) is 9.97 Å². The van der Waals surface area contributed by atoms with Crippen molar-refractivity contribution in [1.29, 1.82) is 0 Å². The van der Waals surface area contributed by atoms with Gasteiger partial charge in [-0.2, -0.15) is 0 Å². The number of hydrogen-bond donors (Lipinski definition) is 1. The molecule has 22 heavy (non-hydrogen) atoms. The van der Waals surface area contributed by atoms with Gasteiger partial charge in [-0.3, -0.25) is 0 Å². The highest BCUT2D eigenvalue weighted by atomic mass is 16.5. The number of benzene rings is 2. The first-order valence-corrected chi connectivity index (χ1v) is 7.60. The molecule has 3 heteroatoms. The average molecular weight is 290 g/mol. The molecule has 110 valence electrons. The van der Waals surface area contributed by atoms with Gasteiger partial charge in [0, 0.05) is 28.0 Å². The Kier molecular flexibility index (Phi) is 2.83. The van der Waals surface area contributed by atoms with Gasteiger partial charge in [0.05, 0.1) is 18.1 Å². The van der Waals surface area contributed by atoms with Crippen LogP contribution in [0.3, 0.4) is 0 Å². The van der Waals surface area contributed by atoms with Crippen LogP contribution in [0.25, 0.3) is 32.6 Å². The van der Waals surface area contributed by atoms with E-state index >= 15 is 0 Å². The molecule has 3 nitrogen and oxygen atoms in total. The maximum atomic E-state index is 5.37. The minimum atomic E-state index is 0.870. The van der Waals surface area contributed by atoms with E-state index in [1.54, 1.807) is 7.11 Å². The molecule has 0 bridgehead atoms. The van der Waals surface area contributed by atoms with E-state index in [0.29, 0.717) is 0 Å². The summed E-state index contributed by atoms with van der Waals surface area (Å²) in [6.45, 7) is 4.34. The van der Waals surface area contributed by atoms with Crippen molar-refractivity contribution in [3.8, 4) is 5.75 Å². The van der Waals surface area contributed by atoms with Crippen molar-refractivity contribution in [2.24, 2.45) is 0 Å². The second-order valence-corrected chi connectivity index (χ2v) is 5.66. The molecule has 2 heterocycles. The lowest BCUT2D eigenvalue weighted by molar-refractivity contribution is 0.415. The fourth-order valence-corrected chi connectivity index (χ4v) is 3.31. The van der Waals surface area contributed by atoms with E-state index in [-0.39, 0.29) is 0 Å². The Bertz CT molecular complexity index is 1010. The van der Waals surface area contributed by atoms with Gasteiger partial charge < -0.3 is 9.72 Å². The van der Waals surface area contributed by atoms with Gasteiger partial charge >= 0.3 is 0 Å². The lowest BCUT2D eigenvalue weighted by atomic mass is 9.99. The number of methoxy groups -OCH3 is 1. The molecule has 4 aromatic rings. The summed E-state index contributed by atoms with van der Waals surface area (Å²) < 4.78 is 5.37. The third-order valence-corrected chi connectivity index (χ3v) is 4.51. The van der Waals surface area contributed by atoms with E-state index in [4.69, 9.17) is 9.72 Å². The zero-order valence-corrected chi connectivity index (χ0v) is 13.0. The molecule has 0 radical (unpaired) electrons. The molecular formula is C19H18N2O. The van der Waals surface area contributed by atoms with Crippen molar-refractivity contribution < 1.29 is 4.74 Å². The number of aromatic amines is 1. The van der Waals surface area contributed by atoms with Crippen LogP contribution in [-0.4, -0.2) is 17.1 Å². The first-order valence-electron chi connectivity index (χ1n) is 7.60. The minimum absolute atomic E-state index is 0.870. The fraction of sp³-hybridized carbons (Fsp3) is 0.211. The van der Waals surface area contributed by atoms with E-state index in [0.717, 1.165) is 28.6 Å². The lowest BCUT2D eigenvalue weighted by Crippen LogP contribution is -1.91. The second kappa shape index (κ2) is 4.73. The van der Waals surface area contributed by atoms with Crippen molar-refractivity contribution in [3.63, 3.8) is 0 Å².